The number of rotatable bonds is 3. The molecule has 0 radical (unpaired) electrons. The summed E-state index contributed by atoms with van der Waals surface area (Å²) in [5, 5.41) is 14.7. The maximum Gasteiger partial charge on any atom is 0.247 e. The van der Waals surface area contributed by atoms with Gasteiger partial charge in [-0.15, -0.1) is 0 Å². The summed E-state index contributed by atoms with van der Waals surface area (Å²) in [7, 11) is 0. The molecular weight excluding hydrogens is 412 g/mol. The largest absolute Gasteiger partial charge is 0.384 e. The Kier molecular flexibility index (Phi) is 5.42. The van der Waals surface area contributed by atoms with Crippen LogP contribution in [0.25, 0.3) is 0 Å². The molecule has 1 spiro atoms. The molecule has 7 heteroatoms. The second-order valence-electron chi connectivity index (χ2n) is 9.33. The van der Waals surface area contributed by atoms with Crippen LogP contribution in [0.5, 0.6) is 0 Å². The van der Waals surface area contributed by atoms with Crippen molar-refractivity contribution >= 4 is 11.6 Å². The molecular formula is C25H29F2N3O2. The predicted molar refractivity (Wildman–Crippen MR) is 118 cm³/mol. The van der Waals surface area contributed by atoms with Gasteiger partial charge < -0.3 is 15.3 Å². The Hall–Kier alpha value is -2.51. The van der Waals surface area contributed by atoms with E-state index in [4.69, 9.17) is 0 Å². The maximum atomic E-state index is 13.5. The van der Waals surface area contributed by atoms with E-state index in [9.17, 15) is 18.7 Å². The summed E-state index contributed by atoms with van der Waals surface area (Å²) in [6, 6.07) is 12.4. The van der Waals surface area contributed by atoms with Gasteiger partial charge >= 0.3 is 0 Å². The number of likely N-dealkylation sites (tertiary alicyclic amines) is 1. The lowest BCUT2D eigenvalue weighted by atomic mass is 9.73. The Morgan fingerprint density at radius 1 is 0.906 bits per heavy atom. The van der Waals surface area contributed by atoms with Crippen LogP contribution in [0.4, 0.5) is 14.5 Å². The van der Waals surface area contributed by atoms with Gasteiger partial charge in [0.25, 0.3) is 0 Å². The predicted octanol–water partition coefficient (Wildman–Crippen LogP) is 3.52. The number of nitrogens with zero attached hydrogens (tertiary/aromatic N) is 2. The van der Waals surface area contributed by atoms with Gasteiger partial charge in [0, 0.05) is 24.8 Å². The smallest absolute Gasteiger partial charge is 0.247 e. The van der Waals surface area contributed by atoms with E-state index in [0.717, 1.165) is 30.5 Å². The van der Waals surface area contributed by atoms with E-state index in [0.29, 0.717) is 39.0 Å². The lowest BCUT2D eigenvalue weighted by molar-refractivity contribution is -0.127. The summed E-state index contributed by atoms with van der Waals surface area (Å²) >= 11 is 0. The molecule has 2 heterocycles. The third kappa shape index (κ3) is 3.48. The molecule has 1 amide bonds. The van der Waals surface area contributed by atoms with Gasteiger partial charge in [-0.25, -0.2) is 8.78 Å². The van der Waals surface area contributed by atoms with E-state index >= 15 is 0 Å². The van der Waals surface area contributed by atoms with Crippen LogP contribution >= 0.6 is 0 Å². The van der Waals surface area contributed by atoms with Crippen LogP contribution in [0.15, 0.2) is 48.5 Å². The molecule has 170 valence electrons. The van der Waals surface area contributed by atoms with Crippen LogP contribution in [-0.4, -0.2) is 47.3 Å². The maximum absolute atomic E-state index is 13.5. The molecule has 1 saturated carbocycles. The number of hydrogen-bond donors (Lipinski definition) is 2. The average molecular weight is 442 g/mol. The first-order valence-electron chi connectivity index (χ1n) is 11.5. The molecule has 0 bridgehead atoms. The minimum absolute atomic E-state index is 0.0129. The summed E-state index contributed by atoms with van der Waals surface area (Å²) in [4.78, 5) is 17.3. The van der Waals surface area contributed by atoms with E-state index in [2.05, 4.69) is 15.1 Å². The Labute approximate surface area is 187 Å². The van der Waals surface area contributed by atoms with Crippen molar-refractivity contribution in [2.24, 2.45) is 0 Å². The molecule has 5 rings (SSSR count). The highest BCUT2D eigenvalue weighted by atomic mass is 19.1. The number of piperidine rings is 1. The Balaban J connectivity index is 1.37. The van der Waals surface area contributed by atoms with Crippen molar-refractivity contribution in [2.45, 2.75) is 55.7 Å². The molecule has 1 aliphatic carbocycles. The second-order valence-corrected chi connectivity index (χ2v) is 9.33. The molecule has 32 heavy (non-hydrogen) atoms. The highest BCUT2D eigenvalue weighted by Crippen LogP contribution is 2.43. The number of anilines is 1. The first kappa shape index (κ1) is 21.3. The van der Waals surface area contributed by atoms with Gasteiger partial charge in [0.2, 0.25) is 5.91 Å². The van der Waals surface area contributed by atoms with Crippen molar-refractivity contribution in [3.8, 4) is 0 Å². The molecule has 0 unspecified atom stereocenters. The summed E-state index contributed by atoms with van der Waals surface area (Å²) in [6.45, 7) is 1.77. The molecule has 3 fully saturated rings. The second kappa shape index (κ2) is 8.12. The normalized spacial score (nSPS) is 28.2. The zero-order valence-corrected chi connectivity index (χ0v) is 18.1. The quantitative estimate of drug-likeness (QED) is 0.765. The number of halogens is 2. The number of amides is 1. The summed E-state index contributed by atoms with van der Waals surface area (Å²) in [5.74, 6) is -0.592. The fourth-order valence-corrected chi connectivity index (χ4v) is 5.95. The summed E-state index contributed by atoms with van der Waals surface area (Å²) < 4.78 is 26.9. The highest BCUT2D eigenvalue weighted by molar-refractivity contribution is 5.93. The van der Waals surface area contributed by atoms with Gasteiger partial charge in [-0.1, -0.05) is 25.0 Å². The van der Waals surface area contributed by atoms with Gasteiger partial charge in [-0.3, -0.25) is 9.69 Å². The third-order valence-corrected chi connectivity index (χ3v) is 7.72. The Morgan fingerprint density at radius 2 is 1.53 bits per heavy atom. The number of carbonyl (C=O) groups excluding carboxylic acids is 1. The Bertz CT molecular complexity index is 974. The monoisotopic (exact) mass is 441 g/mol. The lowest BCUT2D eigenvalue weighted by Crippen LogP contribution is -2.61. The van der Waals surface area contributed by atoms with Crippen molar-refractivity contribution in [2.75, 3.05) is 24.7 Å². The van der Waals surface area contributed by atoms with Crippen molar-refractivity contribution in [3.63, 3.8) is 0 Å². The van der Waals surface area contributed by atoms with Gasteiger partial charge in [-0.2, -0.15) is 0 Å². The van der Waals surface area contributed by atoms with Gasteiger partial charge in [-0.05, 0) is 67.6 Å². The number of nitrogens with one attached hydrogen (secondary N) is 1. The van der Waals surface area contributed by atoms with E-state index < -0.39 is 11.1 Å². The first-order chi connectivity index (χ1) is 15.4. The molecule has 0 aromatic heterocycles. The summed E-state index contributed by atoms with van der Waals surface area (Å²) in [5.41, 5.74) is -0.0868. The zero-order valence-electron chi connectivity index (χ0n) is 18.1. The van der Waals surface area contributed by atoms with Crippen LogP contribution in [0, 0.1) is 11.6 Å². The van der Waals surface area contributed by atoms with Crippen molar-refractivity contribution < 1.29 is 18.7 Å². The van der Waals surface area contributed by atoms with E-state index in [1.807, 2.05) is 0 Å². The van der Waals surface area contributed by atoms with E-state index in [1.54, 1.807) is 24.3 Å². The molecule has 2 aliphatic heterocycles. The van der Waals surface area contributed by atoms with Crippen LogP contribution in [-0.2, 0) is 10.4 Å². The minimum atomic E-state index is -1.02. The van der Waals surface area contributed by atoms with Crippen LogP contribution in [0.1, 0.15) is 44.1 Å². The minimum Gasteiger partial charge on any atom is -0.384 e. The van der Waals surface area contributed by atoms with Crippen LogP contribution in [0.3, 0.4) is 0 Å². The van der Waals surface area contributed by atoms with E-state index in [1.165, 1.54) is 24.3 Å². The molecule has 5 nitrogen and oxygen atoms in total. The fourth-order valence-electron chi connectivity index (χ4n) is 5.95. The third-order valence-electron chi connectivity index (χ3n) is 7.72. The van der Waals surface area contributed by atoms with Gasteiger partial charge in [0.1, 0.15) is 22.8 Å². The van der Waals surface area contributed by atoms with Gasteiger partial charge in [0.05, 0.1) is 6.67 Å². The molecule has 3 aliphatic rings. The van der Waals surface area contributed by atoms with Crippen molar-refractivity contribution in [3.05, 3.63) is 65.7 Å². The van der Waals surface area contributed by atoms with Crippen molar-refractivity contribution in [1.29, 1.82) is 0 Å². The molecule has 2 aromatic rings. The number of aliphatic hydroxyl groups is 1. The fraction of sp³-hybridized carbons (Fsp3) is 0.480. The molecule has 2 saturated heterocycles. The zero-order chi connectivity index (χ0) is 22.3. The topological polar surface area (TPSA) is 55.8 Å². The first-order valence-corrected chi connectivity index (χ1v) is 11.5. The molecule has 2 atom stereocenters. The SMILES string of the molecule is O=C1NCN(c2ccc(F)cc2)C12CCN([C@@H]1CCCC[C@]1(O)c1ccc(F)cc1)CC2. The van der Waals surface area contributed by atoms with Crippen molar-refractivity contribution in [1.82, 2.24) is 10.2 Å². The van der Waals surface area contributed by atoms with E-state index in [-0.39, 0.29) is 23.6 Å². The van der Waals surface area contributed by atoms with Gasteiger partial charge in [0.15, 0.2) is 0 Å². The molecule has 2 aromatic carbocycles. The number of hydrogen-bond acceptors (Lipinski definition) is 4. The van der Waals surface area contributed by atoms with Crippen LogP contribution in [0.2, 0.25) is 0 Å². The van der Waals surface area contributed by atoms with Crippen LogP contribution < -0.4 is 10.2 Å². The average Bonchev–Trinajstić information content (AvgIpc) is 3.11. The Morgan fingerprint density at radius 3 is 2.19 bits per heavy atom. The standard InChI is InChI=1S/C25H29F2N3O2/c26-19-6-4-18(5-7-19)25(32)12-2-1-3-22(25)29-15-13-24(14-16-29)23(31)28-17-30(24)21-10-8-20(27)9-11-21/h4-11,22,32H,1-3,12-17H2,(H,28,31)/t22-,25+/m1/s1. The lowest BCUT2D eigenvalue weighted by Gasteiger charge is -2.51. The highest BCUT2D eigenvalue weighted by Gasteiger charge is 2.53. The number of benzene rings is 2. The molecule has 2 N–H and O–H groups in total. The number of carbonyl (C=O) groups is 1. The summed E-state index contributed by atoms with van der Waals surface area (Å²) in [6.07, 6.45) is 4.75.